The van der Waals surface area contributed by atoms with Gasteiger partial charge in [-0.3, -0.25) is 0 Å². The highest BCUT2D eigenvalue weighted by molar-refractivity contribution is 6.33. The van der Waals surface area contributed by atoms with Crippen molar-refractivity contribution in [2.45, 2.75) is 19.1 Å². The highest BCUT2D eigenvalue weighted by atomic mass is 35.5. The normalized spacial score (nSPS) is 13.0. The van der Waals surface area contributed by atoms with E-state index in [4.69, 9.17) is 11.6 Å². The van der Waals surface area contributed by atoms with Crippen molar-refractivity contribution in [1.82, 2.24) is 0 Å². The maximum atomic E-state index is 12.7. The summed E-state index contributed by atoms with van der Waals surface area (Å²) in [6.07, 6.45) is -4.41. The summed E-state index contributed by atoms with van der Waals surface area (Å²) in [5.41, 5.74) is 0.278. The number of anilines is 1. The van der Waals surface area contributed by atoms with E-state index in [1.165, 1.54) is 18.2 Å². The van der Waals surface area contributed by atoms with Gasteiger partial charge in [0.25, 0.3) is 0 Å². The quantitative estimate of drug-likeness (QED) is 0.812. The molecule has 112 valence electrons. The van der Waals surface area contributed by atoms with Crippen molar-refractivity contribution in [1.29, 1.82) is 0 Å². The second-order valence-corrected chi connectivity index (χ2v) is 5.06. The van der Waals surface area contributed by atoms with E-state index in [1.54, 1.807) is 19.1 Å². The molecule has 1 atom stereocenters. The summed E-state index contributed by atoms with van der Waals surface area (Å²) in [6.45, 7) is 1.79. The lowest BCUT2D eigenvalue weighted by Crippen LogP contribution is -2.09. The average molecular weight is 316 g/mol. The molecule has 0 bridgehead atoms. The highest BCUT2D eigenvalue weighted by Gasteiger charge is 2.31. The van der Waals surface area contributed by atoms with Crippen LogP contribution in [-0.2, 0) is 6.18 Å². The van der Waals surface area contributed by atoms with Gasteiger partial charge in [-0.2, -0.15) is 13.2 Å². The Balaban J connectivity index is 2.24. The first-order valence-corrected chi connectivity index (χ1v) is 6.57. The largest absolute Gasteiger partial charge is 0.508 e. The number of nitrogens with one attached hydrogen (secondary N) is 1. The summed E-state index contributed by atoms with van der Waals surface area (Å²) in [7, 11) is 0. The lowest BCUT2D eigenvalue weighted by molar-refractivity contribution is -0.137. The van der Waals surface area contributed by atoms with Gasteiger partial charge in [0.05, 0.1) is 16.3 Å². The van der Waals surface area contributed by atoms with Gasteiger partial charge in [0.1, 0.15) is 5.75 Å². The summed E-state index contributed by atoms with van der Waals surface area (Å²) in [5.74, 6) is 0.128. The first-order chi connectivity index (χ1) is 9.77. The molecule has 0 fully saturated rings. The number of phenolic OH excluding ortho intramolecular Hbond substituents is 1. The Kier molecular flexibility index (Phi) is 4.32. The maximum absolute atomic E-state index is 12.7. The summed E-state index contributed by atoms with van der Waals surface area (Å²) in [5, 5.41) is 12.4. The van der Waals surface area contributed by atoms with Crippen molar-refractivity contribution < 1.29 is 18.3 Å². The monoisotopic (exact) mass is 315 g/mol. The van der Waals surface area contributed by atoms with E-state index in [0.29, 0.717) is 0 Å². The predicted octanol–water partition coefficient (Wildman–Crippen LogP) is 5.24. The molecule has 2 N–H and O–H groups in total. The van der Waals surface area contributed by atoms with Gasteiger partial charge >= 0.3 is 6.18 Å². The maximum Gasteiger partial charge on any atom is 0.416 e. The van der Waals surface area contributed by atoms with Gasteiger partial charge in [-0.1, -0.05) is 23.7 Å². The van der Waals surface area contributed by atoms with Crippen molar-refractivity contribution in [3.63, 3.8) is 0 Å². The average Bonchev–Trinajstić information content (AvgIpc) is 2.40. The van der Waals surface area contributed by atoms with E-state index >= 15 is 0 Å². The Morgan fingerprint density at radius 2 is 1.71 bits per heavy atom. The Labute approximate surface area is 125 Å². The zero-order chi connectivity index (χ0) is 15.6. The fraction of sp³-hybridized carbons (Fsp3) is 0.200. The van der Waals surface area contributed by atoms with Gasteiger partial charge in [-0.25, -0.2) is 0 Å². The topological polar surface area (TPSA) is 32.3 Å². The molecule has 0 heterocycles. The molecular weight excluding hydrogens is 303 g/mol. The van der Waals surface area contributed by atoms with E-state index < -0.39 is 11.7 Å². The molecule has 21 heavy (non-hydrogen) atoms. The summed E-state index contributed by atoms with van der Waals surface area (Å²) in [4.78, 5) is 0. The minimum absolute atomic E-state index is 0.128. The van der Waals surface area contributed by atoms with E-state index in [1.807, 2.05) is 0 Å². The van der Waals surface area contributed by atoms with Crippen LogP contribution >= 0.6 is 11.6 Å². The molecule has 0 radical (unpaired) electrons. The van der Waals surface area contributed by atoms with Crippen LogP contribution < -0.4 is 5.32 Å². The Morgan fingerprint density at radius 1 is 1.10 bits per heavy atom. The van der Waals surface area contributed by atoms with E-state index in [9.17, 15) is 18.3 Å². The van der Waals surface area contributed by atoms with Crippen molar-refractivity contribution in [3.8, 4) is 5.75 Å². The fourth-order valence-electron chi connectivity index (χ4n) is 1.89. The highest BCUT2D eigenvalue weighted by Crippen LogP contribution is 2.35. The standard InChI is InChI=1S/C15H13ClF3NO/c1-9(10-2-5-12(21)6-3-10)20-14-8-11(15(17,18)19)4-7-13(14)16/h2-9,20-21H,1H3. The zero-order valence-corrected chi connectivity index (χ0v) is 11.8. The molecule has 0 aliphatic carbocycles. The van der Waals surface area contributed by atoms with E-state index in [2.05, 4.69) is 5.32 Å². The van der Waals surface area contributed by atoms with Gasteiger partial charge in [0, 0.05) is 6.04 Å². The summed E-state index contributed by atoms with van der Waals surface area (Å²) >= 11 is 5.93. The molecule has 1 unspecified atom stereocenters. The number of hydrogen-bond acceptors (Lipinski definition) is 2. The van der Waals surface area contributed by atoms with Crippen molar-refractivity contribution in [2.24, 2.45) is 0 Å². The van der Waals surface area contributed by atoms with E-state index in [0.717, 1.165) is 17.7 Å². The van der Waals surface area contributed by atoms with Gasteiger partial charge < -0.3 is 10.4 Å². The van der Waals surface area contributed by atoms with Gasteiger partial charge in [-0.15, -0.1) is 0 Å². The van der Waals surface area contributed by atoms with Crippen LogP contribution in [-0.4, -0.2) is 5.11 Å². The van der Waals surface area contributed by atoms with Crippen LogP contribution in [0.1, 0.15) is 24.1 Å². The first kappa shape index (κ1) is 15.5. The van der Waals surface area contributed by atoms with Crippen LogP contribution in [0.15, 0.2) is 42.5 Å². The molecule has 2 nitrogen and oxygen atoms in total. The Morgan fingerprint density at radius 3 is 2.29 bits per heavy atom. The molecule has 0 saturated heterocycles. The molecule has 0 aromatic heterocycles. The smallest absolute Gasteiger partial charge is 0.416 e. The third-order valence-corrected chi connectivity index (χ3v) is 3.39. The number of alkyl halides is 3. The molecule has 2 aromatic rings. The SMILES string of the molecule is CC(Nc1cc(C(F)(F)F)ccc1Cl)c1ccc(O)cc1. The molecular formula is C15H13ClF3NO. The van der Waals surface area contributed by atoms with Crippen molar-refractivity contribution in [3.05, 3.63) is 58.6 Å². The van der Waals surface area contributed by atoms with Gasteiger partial charge in [-0.05, 0) is 42.8 Å². The summed E-state index contributed by atoms with van der Waals surface area (Å²) < 4.78 is 38.1. The number of rotatable bonds is 3. The molecule has 0 spiro atoms. The van der Waals surface area contributed by atoms with E-state index in [-0.39, 0.29) is 22.5 Å². The second-order valence-electron chi connectivity index (χ2n) is 4.65. The molecule has 0 aliphatic heterocycles. The molecule has 0 saturated carbocycles. The lowest BCUT2D eigenvalue weighted by Gasteiger charge is -2.18. The van der Waals surface area contributed by atoms with Crippen LogP contribution in [0.3, 0.4) is 0 Å². The van der Waals surface area contributed by atoms with Gasteiger partial charge in [0.2, 0.25) is 0 Å². The van der Waals surface area contributed by atoms with Crippen molar-refractivity contribution >= 4 is 17.3 Å². The third kappa shape index (κ3) is 3.82. The lowest BCUT2D eigenvalue weighted by atomic mass is 10.1. The Hall–Kier alpha value is -1.88. The summed E-state index contributed by atoms with van der Waals surface area (Å²) in [6, 6.07) is 9.30. The molecule has 2 aromatic carbocycles. The van der Waals surface area contributed by atoms with Crippen LogP contribution in [0.2, 0.25) is 5.02 Å². The number of aromatic hydroxyl groups is 1. The first-order valence-electron chi connectivity index (χ1n) is 6.19. The molecule has 6 heteroatoms. The fourth-order valence-corrected chi connectivity index (χ4v) is 2.06. The van der Waals surface area contributed by atoms with Crippen LogP contribution in [0.5, 0.6) is 5.75 Å². The van der Waals surface area contributed by atoms with Crippen LogP contribution in [0.4, 0.5) is 18.9 Å². The minimum atomic E-state index is -4.41. The van der Waals surface area contributed by atoms with Gasteiger partial charge in [0.15, 0.2) is 0 Å². The Bertz CT molecular complexity index is 626. The third-order valence-electron chi connectivity index (χ3n) is 3.06. The number of benzene rings is 2. The minimum Gasteiger partial charge on any atom is -0.508 e. The molecule has 0 aliphatic rings. The van der Waals surface area contributed by atoms with Crippen LogP contribution in [0, 0.1) is 0 Å². The second kappa shape index (κ2) is 5.85. The predicted molar refractivity (Wildman–Crippen MR) is 76.6 cm³/mol. The number of hydrogen-bond donors (Lipinski definition) is 2. The van der Waals surface area contributed by atoms with Crippen molar-refractivity contribution in [2.75, 3.05) is 5.32 Å². The van der Waals surface area contributed by atoms with Crippen LogP contribution in [0.25, 0.3) is 0 Å². The number of halogens is 4. The zero-order valence-electron chi connectivity index (χ0n) is 11.1. The number of phenols is 1. The molecule has 0 amide bonds. The molecule has 2 rings (SSSR count).